The summed E-state index contributed by atoms with van der Waals surface area (Å²) in [6, 6.07) is -0.250. The van der Waals surface area contributed by atoms with Crippen molar-refractivity contribution in [2.45, 2.75) is 32.9 Å². The summed E-state index contributed by atoms with van der Waals surface area (Å²) in [4.78, 5) is 27.3. The molecule has 0 spiro atoms. The molecule has 0 aromatic carbocycles. The summed E-state index contributed by atoms with van der Waals surface area (Å²) in [6.07, 6.45) is 5.56. The third-order valence-corrected chi connectivity index (χ3v) is 4.01. The van der Waals surface area contributed by atoms with Crippen LogP contribution in [0.25, 0.3) is 0 Å². The van der Waals surface area contributed by atoms with E-state index in [1.54, 1.807) is 12.4 Å². The molecule has 1 fully saturated rings. The van der Waals surface area contributed by atoms with Gasteiger partial charge in [-0.15, -0.1) is 0 Å². The van der Waals surface area contributed by atoms with E-state index in [0.717, 1.165) is 31.9 Å². The Bertz CT molecular complexity index is 695. The largest absolute Gasteiger partial charge is 0.378 e. The highest BCUT2D eigenvalue weighted by Crippen LogP contribution is 2.12. The van der Waals surface area contributed by atoms with E-state index < -0.39 is 0 Å². The minimum absolute atomic E-state index is 0.230. The third kappa shape index (κ3) is 4.11. The normalized spacial score (nSPS) is 15.8. The maximum atomic E-state index is 12.4. The Hall–Kier alpha value is -2.55. The van der Waals surface area contributed by atoms with E-state index in [0.29, 0.717) is 24.7 Å². The molecule has 2 aromatic heterocycles. The fourth-order valence-corrected chi connectivity index (χ4v) is 2.70. The zero-order valence-electron chi connectivity index (χ0n) is 14.6. The second kappa shape index (κ2) is 8.02. The molecule has 1 aliphatic rings. The lowest BCUT2D eigenvalue weighted by Gasteiger charge is -2.26. The first-order chi connectivity index (χ1) is 12.2. The predicted octanol–water partition coefficient (Wildman–Crippen LogP) is 0.806. The van der Waals surface area contributed by atoms with E-state index in [2.05, 4.69) is 32.3 Å². The van der Waals surface area contributed by atoms with Crippen LogP contribution in [0, 0.1) is 0 Å². The first-order valence-electron chi connectivity index (χ1n) is 8.52. The molecule has 1 saturated heterocycles. The maximum absolute atomic E-state index is 12.4. The highest BCUT2D eigenvalue weighted by molar-refractivity contribution is 5.93. The number of rotatable bonds is 6. The van der Waals surface area contributed by atoms with E-state index in [1.165, 1.54) is 6.33 Å². The van der Waals surface area contributed by atoms with Crippen LogP contribution in [0.15, 0.2) is 18.7 Å². The Morgan fingerprint density at radius 1 is 1.28 bits per heavy atom. The summed E-state index contributed by atoms with van der Waals surface area (Å²) in [5, 5.41) is 7.10. The van der Waals surface area contributed by atoms with Crippen molar-refractivity contribution in [3.05, 3.63) is 30.1 Å². The summed E-state index contributed by atoms with van der Waals surface area (Å²) < 4.78 is 7.12. The van der Waals surface area contributed by atoms with E-state index in [-0.39, 0.29) is 11.9 Å². The zero-order valence-corrected chi connectivity index (χ0v) is 14.6. The summed E-state index contributed by atoms with van der Waals surface area (Å²) in [7, 11) is 0. The molecule has 0 bridgehead atoms. The van der Waals surface area contributed by atoms with E-state index in [1.807, 2.05) is 16.5 Å². The summed E-state index contributed by atoms with van der Waals surface area (Å²) in [5.41, 5.74) is 0.422. The van der Waals surface area contributed by atoms with Gasteiger partial charge < -0.3 is 15.0 Å². The highest BCUT2D eigenvalue weighted by Gasteiger charge is 2.18. The van der Waals surface area contributed by atoms with Crippen molar-refractivity contribution in [3.8, 4) is 0 Å². The molecule has 1 N–H and O–H groups in total. The zero-order chi connectivity index (χ0) is 17.6. The number of nitrogens with one attached hydrogen (secondary N) is 1. The molecule has 1 amide bonds. The number of amides is 1. The van der Waals surface area contributed by atoms with Crippen LogP contribution < -0.4 is 10.2 Å². The van der Waals surface area contributed by atoms with Crippen molar-refractivity contribution >= 4 is 11.9 Å². The highest BCUT2D eigenvalue weighted by atomic mass is 16.5. The van der Waals surface area contributed by atoms with E-state index in [4.69, 9.17) is 4.74 Å². The number of aryl methyl sites for hydroxylation is 1. The van der Waals surface area contributed by atoms with Crippen molar-refractivity contribution in [2.75, 3.05) is 31.2 Å². The smallest absolute Gasteiger partial charge is 0.255 e. The quantitative estimate of drug-likeness (QED) is 0.827. The van der Waals surface area contributed by atoms with Crippen molar-refractivity contribution in [2.24, 2.45) is 0 Å². The van der Waals surface area contributed by atoms with E-state index in [9.17, 15) is 4.79 Å². The molecule has 1 aliphatic heterocycles. The SMILES string of the molecule is CCCn1ncnc1[C@@H](C)NC(=O)c1cnc(N2CCOCC2)nc1. The molecule has 1 atom stereocenters. The number of carbonyl (C=O) groups excluding carboxylic acids is 1. The molecule has 0 aliphatic carbocycles. The van der Waals surface area contributed by atoms with Crippen LogP contribution in [0.5, 0.6) is 0 Å². The number of aromatic nitrogens is 5. The minimum atomic E-state index is -0.250. The lowest BCUT2D eigenvalue weighted by Crippen LogP contribution is -2.37. The standard InChI is InChI=1S/C16H23N7O2/c1-3-4-23-14(19-11-20-23)12(2)21-15(24)13-9-17-16(18-10-13)22-5-7-25-8-6-22/h9-12H,3-8H2,1-2H3,(H,21,24)/t12-/m1/s1. The van der Waals surface area contributed by atoms with Crippen LogP contribution >= 0.6 is 0 Å². The topological polar surface area (TPSA) is 98.1 Å². The number of carbonyl (C=O) groups is 1. The molecule has 3 heterocycles. The molecule has 9 nitrogen and oxygen atoms in total. The van der Waals surface area contributed by atoms with Crippen LogP contribution in [0.3, 0.4) is 0 Å². The summed E-state index contributed by atoms with van der Waals surface area (Å²) in [6.45, 7) is 7.58. The monoisotopic (exact) mass is 345 g/mol. The van der Waals surface area contributed by atoms with Gasteiger partial charge in [-0.1, -0.05) is 6.92 Å². The second-order valence-corrected chi connectivity index (χ2v) is 5.91. The molecular weight excluding hydrogens is 322 g/mol. The summed E-state index contributed by atoms with van der Waals surface area (Å²) in [5.74, 6) is 1.13. The van der Waals surface area contributed by atoms with Gasteiger partial charge in [0.25, 0.3) is 5.91 Å². The number of ether oxygens (including phenoxy) is 1. The van der Waals surface area contributed by atoms with Gasteiger partial charge in [0.2, 0.25) is 5.95 Å². The fraction of sp³-hybridized carbons (Fsp3) is 0.562. The average Bonchev–Trinajstić information content (AvgIpc) is 3.11. The van der Waals surface area contributed by atoms with Gasteiger partial charge in [-0.05, 0) is 13.3 Å². The lowest BCUT2D eigenvalue weighted by atomic mass is 10.2. The first kappa shape index (κ1) is 17.3. The van der Waals surface area contributed by atoms with Gasteiger partial charge in [0.15, 0.2) is 0 Å². The molecular formula is C16H23N7O2. The van der Waals surface area contributed by atoms with Crippen LogP contribution in [-0.4, -0.2) is 56.9 Å². The van der Waals surface area contributed by atoms with Gasteiger partial charge in [0.1, 0.15) is 12.2 Å². The molecule has 0 saturated carbocycles. The Labute approximate surface area is 146 Å². The predicted molar refractivity (Wildman–Crippen MR) is 91.3 cm³/mol. The van der Waals surface area contributed by atoms with Gasteiger partial charge in [0.05, 0.1) is 24.8 Å². The number of morpholine rings is 1. The summed E-state index contributed by atoms with van der Waals surface area (Å²) >= 11 is 0. The number of hydrogen-bond acceptors (Lipinski definition) is 7. The Morgan fingerprint density at radius 3 is 2.68 bits per heavy atom. The molecule has 2 aromatic rings. The molecule has 9 heteroatoms. The molecule has 0 unspecified atom stereocenters. The number of anilines is 1. The fourth-order valence-electron chi connectivity index (χ4n) is 2.70. The molecule has 0 radical (unpaired) electrons. The molecule has 3 rings (SSSR count). The van der Waals surface area contributed by atoms with Gasteiger partial charge in [-0.3, -0.25) is 4.79 Å². The van der Waals surface area contributed by atoms with Crippen molar-refractivity contribution in [3.63, 3.8) is 0 Å². The van der Waals surface area contributed by atoms with Crippen LogP contribution in [-0.2, 0) is 11.3 Å². The van der Waals surface area contributed by atoms with Crippen LogP contribution in [0.2, 0.25) is 0 Å². The number of nitrogens with zero attached hydrogens (tertiary/aromatic N) is 6. The molecule has 134 valence electrons. The van der Waals surface area contributed by atoms with Gasteiger partial charge in [-0.2, -0.15) is 5.10 Å². The Kier molecular flexibility index (Phi) is 5.54. The Morgan fingerprint density at radius 2 is 2.00 bits per heavy atom. The minimum Gasteiger partial charge on any atom is -0.378 e. The van der Waals surface area contributed by atoms with E-state index >= 15 is 0 Å². The third-order valence-electron chi connectivity index (χ3n) is 4.01. The van der Waals surface area contributed by atoms with Crippen LogP contribution in [0.4, 0.5) is 5.95 Å². The van der Waals surface area contributed by atoms with Crippen molar-refractivity contribution < 1.29 is 9.53 Å². The molecule has 25 heavy (non-hydrogen) atoms. The van der Waals surface area contributed by atoms with Crippen molar-refractivity contribution in [1.82, 2.24) is 30.0 Å². The first-order valence-corrected chi connectivity index (χ1v) is 8.52. The average molecular weight is 345 g/mol. The lowest BCUT2D eigenvalue weighted by molar-refractivity contribution is 0.0936. The maximum Gasteiger partial charge on any atom is 0.255 e. The van der Waals surface area contributed by atoms with Gasteiger partial charge >= 0.3 is 0 Å². The van der Waals surface area contributed by atoms with Gasteiger partial charge in [-0.25, -0.2) is 19.6 Å². The van der Waals surface area contributed by atoms with Crippen LogP contribution in [0.1, 0.15) is 42.5 Å². The second-order valence-electron chi connectivity index (χ2n) is 5.91. The van der Waals surface area contributed by atoms with Gasteiger partial charge in [0, 0.05) is 32.0 Å². The number of hydrogen-bond donors (Lipinski definition) is 1. The van der Waals surface area contributed by atoms with Crippen molar-refractivity contribution in [1.29, 1.82) is 0 Å². The Balaban J connectivity index is 1.63.